The van der Waals surface area contributed by atoms with Crippen LogP contribution in [0.4, 0.5) is 5.69 Å². The van der Waals surface area contributed by atoms with Gasteiger partial charge in [0.25, 0.3) is 0 Å². The maximum Gasteiger partial charge on any atom is 0.0723 e. The highest BCUT2D eigenvalue weighted by Gasteiger charge is 2.42. The topological polar surface area (TPSA) is 24.4 Å². The molecule has 266 valence electrons. The molecule has 1 heterocycles. The smallest absolute Gasteiger partial charge is 0.0723 e. The summed E-state index contributed by atoms with van der Waals surface area (Å²) in [7, 11) is -1.80. The zero-order valence-electron chi connectivity index (χ0n) is 30.9. The molecule has 0 radical (unpaired) electrons. The van der Waals surface area contributed by atoms with Crippen molar-refractivity contribution in [1.82, 2.24) is 0 Å². The van der Waals surface area contributed by atoms with Crippen LogP contribution < -0.4 is 5.32 Å². The zero-order chi connectivity index (χ0) is 37.2. The van der Waals surface area contributed by atoms with Crippen LogP contribution >= 0.6 is 10.0 Å². The molecule has 1 atom stereocenters. The SMILES string of the molecule is C=CC(Nc1c(C)ccc2ccccc12)c1cccc(/C(=N\Cc2ccccc2)c2ccc3c(c2)S(c2ccccc2)(c2ccccc2)c2ccccc2-3)c1. The lowest BCUT2D eigenvalue weighted by molar-refractivity contribution is 0.986. The molecule has 0 aliphatic carbocycles. The van der Waals surface area contributed by atoms with Crippen molar-refractivity contribution in [2.75, 3.05) is 5.32 Å². The second-order valence-corrected chi connectivity index (χ2v) is 17.1. The third-order valence-corrected chi connectivity index (χ3v) is 14.7. The van der Waals surface area contributed by atoms with Crippen LogP contribution in [0.1, 0.15) is 33.9 Å². The summed E-state index contributed by atoms with van der Waals surface area (Å²) in [5.41, 5.74) is 10.4. The van der Waals surface area contributed by atoms with Crippen LogP contribution in [0, 0.1) is 6.92 Å². The number of anilines is 1. The van der Waals surface area contributed by atoms with Gasteiger partial charge in [-0.25, -0.2) is 0 Å². The first-order valence-electron chi connectivity index (χ1n) is 18.9. The van der Waals surface area contributed by atoms with E-state index in [2.05, 4.69) is 213 Å². The van der Waals surface area contributed by atoms with Crippen LogP contribution in [0.3, 0.4) is 0 Å². The van der Waals surface area contributed by atoms with Crippen molar-refractivity contribution < 1.29 is 0 Å². The molecule has 9 rings (SSSR count). The molecular formula is C52H42N2S. The fraction of sp³-hybridized carbons (Fsp3) is 0.0577. The summed E-state index contributed by atoms with van der Waals surface area (Å²) >= 11 is 0. The number of aryl methyl sites for hydroxylation is 1. The predicted molar refractivity (Wildman–Crippen MR) is 233 cm³/mol. The molecule has 0 fully saturated rings. The minimum atomic E-state index is -1.80. The Labute approximate surface area is 325 Å². The van der Waals surface area contributed by atoms with Crippen molar-refractivity contribution in [2.24, 2.45) is 4.99 Å². The molecule has 8 aromatic rings. The van der Waals surface area contributed by atoms with Crippen LogP contribution in [0.2, 0.25) is 0 Å². The summed E-state index contributed by atoms with van der Waals surface area (Å²) in [6.45, 7) is 7.03. The van der Waals surface area contributed by atoms with E-state index in [1.807, 2.05) is 6.08 Å². The van der Waals surface area contributed by atoms with E-state index >= 15 is 0 Å². The van der Waals surface area contributed by atoms with E-state index in [4.69, 9.17) is 4.99 Å². The average molecular weight is 727 g/mol. The molecule has 0 saturated carbocycles. The second kappa shape index (κ2) is 14.8. The van der Waals surface area contributed by atoms with Crippen LogP contribution in [-0.2, 0) is 6.54 Å². The quantitative estimate of drug-likeness (QED) is 0.110. The first-order chi connectivity index (χ1) is 27.1. The molecule has 8 aromatic carbocycles. The third kappa shape index (κ3) is 6.17. The molecule has 2 nitrogen and oxygen atoms in total. The van der Waals surface area contributed by atoms with Gasteiger partial charge >= 0.3 is 0 Å². The summed E-state index contributed by atoms with van der Waals surface area (Å²) in [5.74, 6) is 0. The molecule has 0 bridgehead atoms. The van der Waals surface area contributed by atoms with Crippen molar-refractivity contribution in [2.45, 2.75) is 39.1 Å². The van der Waals surface area contributed by atoms with E-state index in [1.54, 1.807) is 0 Å². The van der Waals surface area contributed by atoms with Gasteiger partial charge in [-0.3, -0.25) is 4.99 Å². The molecule has 1 aliphatic rings. The highest BCUT2D eigenvalue weighted by atomic mass is 32.3. The molecular weight excluding hydrogens is 685 g/mol. The number of hydrogen-bond acceptors (Lipinski definition) is 2. The van der Waals surface area contributed by atoms with Crippen molar-refractivity contribution in [3.05, 3.63) is 235 Å². The van der Waals surface area contributed by atoms with E-state index < -0.39 is 10.0 Å². The van der Waals surface area contributed by atoms with E-state index in [0.717, 1.165) is 28.1 Å². The largest absolute Gasteiger partial charge is 0.374 e. The van der Waals surface area contributed by atoms with Gasteiger partial charge in [-0.15, -0.1) is 16.6 Å². The zero-order valence-corrected chi connectivity index (χ0v) is 31.7. The Morgan fingerprint density at radius 2 is 1.24 bits per heavy atom. The van der Waals surface area contributed by atoms with Gasteiger partial charge in [-0.05, 0) is 82.6 Å². The van der Waals surface area contributed by atoms with Gasteiger partial charge in [0.15, 0.2) is 0 Å². The highest BCUT2D eigenvalue weighted by Crippen LogP contribution is 2.79. The van der Waals surface area contributed by atoms with E-state index in [1.165, 1.54) is 52.6 Å². The van der Waals surface area contributed by atoms with Crippen molar-refractivity contribution in [1.29, 1.82) is 0 Å². The Balaban J connectivity index is 1.21. The normalized spacial score (nSPS) is 14.1. The van der Waals surface area contributed by atoms with E-state index in [9.17, 15) is 0 Å². The van der Waals surface area contributed by atoms with Crippen LogP contribution in [0.15, 0.2) is 231 Å². The molecule has 55 heavy (non-hydrogen) atoms. The monoisotopic (exact) mass is 726 g/mol. The molecule has 1 aliphatic heterocycles. The fourth-order valence-electron chi connectivity index (χ4n) is 8.10. The van der Waals surface area contributed by atoms with Crippen molar-refractivity contribution in [3.63, 3.8) is 0 Å². The Bertz CT molecular complexity index is 2640. The first kappa shape index (κ1) is 34.4. The third-order valence-electron chi connectivity index (χ3n) is 10.7. The van der Waals surface area contributed by atoms with Gasteiger partial charge in [-0.2, -0.15) is 0 Å². The van der Waals surface area contributed by atoms with Gasteiger partial charge in [0.1, 0.15) is 0 Å². The number of nitrogens with zero attached hydrogens (tertiary/aromatic N) is 1. The van der Waals surface area contributed by atoms with Gasteiger partial charge in [0, 0.05) is 41.8 Å². The van der Waals surface area contributed by atoms with Gasteiger partial charge in [0.2, 0.25) is 0 Å². The molecule has 0 amide bonds. The maximum atomic E-state index is 5.45. The average Bonchev–Trinajstić information content (AvgIpc) is 3.55. The second-order valence-electron chi connectivity index (χ2n) is 14.1. The Hall–Kier alpha value is -6.42. The molecule has 3 heteroatoms. The number of nitrogens with one attached hydrogen (secondary N) is 1. The Kier molecular flexibility index (Phi) is 9.23. The van der Waals surface area contributed by atoms with Gasteiger partial charge in [0.05, 0.1) is 18.3 Å². The van der Waals surface area contributed by atoms with Gasteiger partial charge < -0.3 is 5.32 Å². The Morgan fingerprint density at radius 3 is 1.98 bits per heavy atom. The van der Waals surface area contributed by atoms with Gasteiger partial charge in [-0.1, -0.05) is 158 Å². The van der Waals surface area contributed by atoms with E-state index in [0.29, 0.717) is 6.54 Å². The number of hydrogen-bond donors (Lipinski definition) is 1. The lowest BCUT2D eigenvalue weighted by Gasteiger charge is -2.39. The van der Waals surface area contributed by atoms with Crippen molar-refractivity contribution in [3.8, 4) is 11.1 Å². The minimum absolute atomic E-state index is 0.109. The molecule has 1 unspecified atom stereocenters. The first-order valence-corrected chi connectivity index (χ1v) is 20.5. The van der Waals surface area contributed by atoms with Crippen molar-refractivity contribution >= 4 is 32.2 Å². The minimum Gasteiger partial charge on any atom is -0.374 e. The molecule has 0 aromatic heterocycles. The number of aliphatic imine (C=N–C) groups is 1. The summed E-state index contributed by atoms with van der Waals surface area (Å²) in [4.78, 5) is 10.8. The standard InChI is InChI=1S/C52H42N2S/c1-3-48(54-51-37(2)30-31-39-20-13-14-27-45(39)51)40-21-17-22-41(34-40)52(53-36-38-18-7-4-8-19-38)42-32-33-47-46-28-15-16-29-49(46)55(50(47)35-42,43-23-9-5-10-24-43)44-25-11-6-12-26-44/h3-35,48,54H,1,36H2,2H3/b53-52+. The highest BCUT2D eigenvalue weighted by molar-refractivity contribution is 8.34. The summed E-state index contributed by atoms with van der Waals surface area (Å²) in [6.07, 6.45) is 2.01. The van der Waals surface area contributed by atoms with Crippen LogP contribution in [0.5, 0.6) is 0 Å². The van der Waals surface area contributed by atoms with Crippen LogP contribution in [0.25, 0.3) is 21.9 Å². The molecule has 0 saturated heterocycles. The number of rotatable bonds is 10. The summed E-state index contributed by atoms with van der Waals surface area (Å²) in [5, 5.41) is 6.28. The number of benzene rings is 8. The van der Waals surface area contributed by atoms with Crippen LogP contribution in [-0.4, -0.2) is 5.71 Å². The fourth-order valence-corrected chi connectivity index (χ4v) is 12.4. The predicted octanol–water partition coefficient (Wildman–Crippen LogP) is 13.8. The summed E-state index contributed by atoms with van der Waals surface area (Å²) in [6, 6.07) is 70.5. The Morgan fingerprint density at radius 1 is 0.600 bits per heavy atom. The number of fused-ring (bicyclic) bond motifs is 4. The molecule has 0 spiro atoms. The molecule has 1 N–H and O–H groups in total. The lowest BCUT2D eigenvalue weighted by atomic mass is 9.95. The van der Waals surface area contributed by atoms with E-state index in [-0.39, 0.29) is 6.04 Å². The maximum absolute atomic E-state index is 5.45. The summed E-state index contributed by atoms with van der Waals surface area (Å²) < 4.78 is 0. The lowest BCUT2D eigenvalue weighted by Crippen LogP contribution is -2.12.